The number of rotatable bonds is 5. The fraction of sp³-hybridized carbons (Fsp3) is 0.176. The number of aliphatic hydroxyl groups is 1. The van der Waals surface area contributed by atoms with Gasteiger partial charge < -0.3 is 14.8 Å². The van der Waals surface area contributed by atoms with Crippen LogP contribution >= 0.6 is 0 Å². The number of para-hydroxylation sites is 1. The van der Waals surface area contributed by atoms with Gasteiger partial charge in [-0.1, -0.05) is 42.5 Å². The summed E-state index contributed by atoms with van der Waals surface area (Å²) in [7, 11) is 0. The Balaban J connectivity index is 1.65. The van der Waals surface area contributed by atoms with Crippen molar-refractivity contribution in [3.8, 4) is 0 Å². The van der Waals surface area contributed by atoms with Crippen LogP contribution in [0.2, 0.25) is 0 Å². The summed E-state index contributed by atoms with van der Waals surface area (Å²) in [5, 5.41) is 13.8. The maximum atomic E-state index is 9.28. The van der Waals surface area contributed by atoms with Gasteiger partial charge in [-0.25, -0.2) is 0 Å². The number of hydrogen-bond donors (Lipinski definition) is 2. The first-order chi connectivity index (χ1) is 9.86. The highest BCUT2D eigenvalue weighted by Gasteiger charge is 2.04. The molecule has 2 aromatic carbocycles. The SMILES string of the molecule is OCc1ccccc1CNCc1cc2ccccc2o1. The zero-order valence-corrected chi connectivity index (χ0v) is 11.2. The molecule has 0 fully saturated rings. The zero-order valence-electron chi connectivity index (χ0n) is 11.2. The molecule has 3 nitrogen and oxygen atoms in total. The van der Waals surface area contributed by atoms with Crippen molar-refractivity contribution < 1.29 is 9.52 Å². The first kappa shape index (κ1) is 12.9. The Kier molecular flexibility index (Phi) is 3.81. The minimum atomic E-state index is 0.0719. The summed E-state index contributed by atoms with van der Waals surface area (Å²) >= 11 is 0. The summed E-state index contributed by atoms with van der Waals surface area (Å²) in [5.41, 5.74) is 3.00. The summed E-state index contributed by atoms with van der Waals surface area (Å²) in [6, 6.07) is 17.9. The second kappa shape index (κ2) is 5.90. The number of furan rings is 1. The third-order valence-electron chi connectivity index (χ3n) is 3.38. The van der Waals surface area contributed by atoms with E-state index in [1.54, 1.807) is 0 Å². The molecule has 1 heterocycles. The molecule has 3 aromatic rings. The van der Waals surface area contributed by atoms with Gasteiger partial charge in [0, 0.05) is 11.9 Å². The van der Waals surface area contributed by atoms with Gasteiger partial charge >= 0.3 is 0 Å². The largest absolute Gasteiger partial charge is 0.460 e. The number of hydrogen-bond acceptors (Lipinski definition) is 3. The molecule has 0 aliphatic rings. The van der Waals surface area contributed by atoms with Crippen molar-refractivity contribution in [3.05, 3.63) is 71.5 Å². The topological polar surface area (TPSA) is 45.4 Å². The summed E-state index contributed by atoms with van der Waals surface area (Å²) < 4.78 is 5.75. The van der Waals surface area contributed by atoms with E-state index in [9.17, 15) is 5.11 Å². The van der Waals surface area contributed by atoms with Gasteiger partial charge in [0.05, 0.1) is 13.2 Å². The van der Waals surface area contributed by atoms with E-state index in [4.69, 9.17) is 4.42 Å². The van der Waals surface area contributed by atoms with Crippen LogP contribution in [0, 0.1) is 0 Å². The highest BCUT2D eigenvalue weighted by molar-refractivity contribution is 5.77. The van der Waals surface area contributed by atoms with E-state index in [1.165, 1.54) is 0 Å². The Morgan fingerprint density at radius 3 is 2.45 bits per heavy atom. The molecule has 0 radical (unpaired) electrons. The lowest BCUT2D eigenvalue weighted by atomic mass is 10.1. The van der Waals surface area contributed by atoms with E-state index in [0.29, 0.717) is 13.1 Å². The van der Waals surface area contributed by atoms with E-state index in [1.807, 2.05) is 48.5 Å². The standard InChI is InChI=1S/C17H17NO2/c19-12-15-7-2-1-6-14(15)10-18-11-16-9-13-5-3-4-8-17(13)20-16/h1-9,18-19H,10-12H2. The van der Waals surface area contributed by atoms with E-state index in [0.717, 1.165) is 27.9 Å². The highest BCUT2D eigenvalue weighted by Crippen LogP contribution is 2.18. The maximum Gasteiger partial charge on any atom is 0.134 e. The maximum absolute atomic E-state index is 9.28. The van der Waals surface area contributed by atoms with Crippen molar-refractivity contribution in [2.24, 2.45) is 0 Å². The molecule has 0 amide bonds. The third kappa shape index (κ3) is 2.74. The summed E-state index contributed by atoms with van der Waals surface area (Å²) in [5.74, 6) is 0.924. The molecule has 1 aromatic heterocycles. The molecule has 102 valence electrons. The van der Waals surface area contributed by atoms with E-state index < -0.39 is 0 Å². The predicted molar refractivity (Wildman–Crippen MR) is 79.1 cm³/mol. The molecular weight excluding hydrogens is 250 g/mol. The molecule has 0 spiro atoms. The number of aliphatic hydroxyl groups excluding tert-OH is 1. The van der Waals surface area contributed by atoms with Crippen LogP contribution in [-0.2, 0) is 19.7 Å². The lowest BCUT2D eigenvalue weighted by Crippen LogP contribution is -2.13. The molecule has 0 saturated heterocycles. The average molecular weight is 267 g/mol. The minimum absolute atomic E-state index is 0.0719. The minimum Gasteiger partial charge on any atom is -0.460 e. The molecule has 2 N–H and O–H groups in total. The second-order valence-electron chi connectivity index (χ2n) is 4.78. The zero-order chi connectivity index (χ0) is 13.8. The van der Waals surface area contributed by atoms with Crippen molar-refractivity contribution in [1.29, 1.82) is 0 Å². The molecule has 0 aliphatic carbocycles. The first-order valence-electron chi connectivity index (χ1n) is 6.72. The van der Waals surface area contributed by atoms with Crippen molar-refractivity contribution >= 4 is 11.0 Å². The summed E-state index contributed by atoms with van der Waals surface area (Å²) in [4.78, 5) is 0. The molecule has 0 saturated carbocycles. The third-order valence-corrected chi connectivity index (χ3v) is 3.38. The van der Waals surface area contributed by atoms with Crippen molar-refractivity contribution in [2.75, 3.05) is 0 Å². The van der Waals surface area contributed by atoms with E-state index >= 15 is 0 Å². The first-order valence-corrected chi connectivity index (χ1v) is 6.72. The Labute approximate surface area is 117 Å². The van der Waals surface area contributed by atoms with Gasteiger partial charge in [0.1, 0.15) is 11.3 Å². The van der Waals surface area contributed by atoms with Crippen LogP contribution in [0.25, 0.3) is 11.0 Å². The van der Waals surface area contributed by atoms with Crippen molar-refractivity contribution in [3.63, 3.8) is 0 Å². The molecule has 0 bridgehead atoms. The van der Waals surface area contributed by atoms with Crippen LogP contribution in [0.5, 0.6) is 0 Å². The fourth-order valence-electron chi connectivity index (χ4n) is 2.33. The fourth-order valence-corrected chi connectivity index (χ4v) is 2.33. The van der Waals surface area contributed by atoms with Gasteiger partial charge in [-0.05, 0) is 23.3 Å². The van der Waals surface area contributed by atoms with Crippen LogP contribution in [0.15, 0.2) is 59.0 Å². The molecule has 3 heteroatoms. The smallest absolute Gasteiger partial charge is 0.134 e. The van der Waals surface area contributed by atoms with Crippen molar-refractivity contribution in [2.45, 2.75) is 19.7 Å². The molecule has 0 atom stereocenters. The number of benzene rings is 2. The Bertz CT molecular complexity index is 670. The lowest BCUT2D eigenvalue weighted by molar-refractivity contribution is 0.280. The van der Waals surface area contributed by atoms with E-state index in [2.05, 4.69) is 11.4 Å². The van der Waals surface area contributed by atoms with Crippen LogP contribution in [0.1, 0.15) is 16.9 Å². The molecule has 0 aliphatic heterocycles. The summed E-state index contributed by atoms with van der Waals surface area (Å²) in [6.45, 7) is 1.46. The van der Waals surface area contributed by atoms with Gasteiger partial charge in [0.15, 0.2) is 0 Å². The number of nitrogens with one attached hydrogen (secondary N) is 1. The van der Waals surface area contributed by atoms with Gasteiger partial charge in [0.25, 0.3) is 0 Å². The Morgan fingerprint density at radius 2 is 1.65 bits per heavy atom. The van der Waals surface area contributed by atoms with Crippen LogP contribution in [-0.4, -0.2) is 5.11 Å². The molecule has 0 unspecified atom stereocenters. The number of fused-ring (bicyclic) bond motifs is 1. The van der Waals surface area contributed by atoms with Crippen LogP contribution in [0.3, 0.4) is 0 Å². The molecular formula is C17H17NO2. The van der Waals surface area contributed by atoms with Gasteiger partial charge in [-0.2, -0.15) is 0 Å². The van der Waals surface area contributed by atoms with Gasteiger partial charge in [-0.3, -0.25) is 0 Å². The monoisotopic (exact) mass is 267 g/mol. The average Bonchev–Trinajstić information content (AvgIpc) is 2.90. The van der Waals surface area contributed by atoms with Gasteiger partial charge in [0.2, 0.25) is 0 Å². The van der Waals surface area contributed by atoms with Gasteiger partial charge in [-0.15, -0.1) is 0 Å². The quantitative estimate of drug-likeness (QED) is 0.746. The summed E-state index contributed by atoms with van der Waals surface area (Å²) in [6.07, 6.45) is 0. The molecule has 20 heavy (non-hydrogen) atoms. The Morgan fingerprint density at radius 1 is 0.900 bits per heavy atom. The Hall–Kier alpha value is -2.10. The second-order valence-corrected chi connectivity index (χ2v) is 4.78. The van der Waals surface area contributed by atoms with E-state index in [-0.39, 0.29) is 6.61 Å². The highest BCUT2D eigenvalue weighted by atomic mass is 16.3. The molecule has 3 rings (SSSR count). The van der Waals surface area contributed by atoms with Crippen molar-refractivity contribution in [1.82, 2.24) is 5.32 Å². The normalized spacial score (nSPS) is 11.1. The lowest BCUT2D eigenvalue weighted by Gasteiger charge is -2.07. The predicted octanol–water partition coefficient (Wildman–Crippen LogP) is 3.21. The van der Waals surface area contributed by atoms with Crippen LogP contribution in [0.4, 0.5) is 0 Å². The van der Waals surface area contributed by atoms with Crippen LogP contribution < -0.4 is 5.32 Å².